The van der Waals surface area contributed by atoms with Gasteiger partial charge >= 0.3 is 11.8 Å². The molecule has 4 N–H and O–H groups in total. The van der Waals surface area contributed by atoms with Crippen molar-refractivity contribution in [1.82, 2.24) is 10.7 Å². The van der Waals surface area contributed by atoms with Crippen LogP contribution in [0.2, 0.25) is 0 Å². The number of nitrogens with two attached hydrogens (primary N) is 1. The van der Waals surface area contributed by atoms with Crippen LogP contribution in [-0.2, 0) is 14.4 Å². The van der Waals surface area contributed by atoms with Gasteiger partial charge in [0.05, 0.1) is 6.21 Å². The molecule has 0 saturated carbocycles. The van der Waals surface area contributed by atoms with Gasteiger partial charge in [0.2, 0.25) is 0 Å². The van der Waals surface area contributed by atoms with Gasteiger partial charge in [-0.05, 0) is 24.1 Å². The second-order valence-electron chi connectivity index (χ2n) is 4.28. The standard InChI is InChI=1S/C14H18N4O4/c1-2-6-16-13(20)14(21)18-17-8-10-4-3-5-11(7-10)22-9-12(15)19/h3-5,7-8H,2,6,9H2,1H3,(H2,15,19)(H,16,20)(H,18,21)/b17-8-. The van der Waals surface area contributed by atoms with Crippen molar-refractivity contribution in [2.24, 2.45) is 10.8 Å². The molecule has 0 heterocycles. The van der Waals surface area contributed by atoms with Gasteiger partial charge in [-0.25, -0.2) is 5.43 Å². The number of hydrogen-bond acceptors (Lipinski definition) is 5. The maximum atomic E-state index is 11.4. The molecular weight excluding hydrogens is 288 g/mol. The van der Waals surface area contributed by atoms with Gasteiger partial charge in [0.1, 0.15) is 5.75 Å². The van der Waals surface area contributed by atoms with Crippen LogP contribution < -0.4 is 21.2 Å². The number of carbonyl (C=O) groups is 3. The van der Waals surface area contributed by atoms with Crippen LogP contribution in [0.4, 0.5) is 0 Å². The number of nitrogens with one attached hydrogen (secondary N) is 2. The van der Waals surface area contributed by atoms with Gasteiger partial charge < -0.3 is 15.8 Å². The normalized spacial score (nSPS) is 10.2. The fourth-order valence-electron chi connectivity index (χ4n) is 1.37. The SMILES string of the molecule is CCCNC(=O)C(=O)N/N=C\c1cccc(OCC(N)=O)c1. The lowest BCUT2D eigenvalue weighted by Crippen LogP contribution is -2.38. The first-order valence-electron chi connectivity index (χ1n) is 6.65. The second kappa shape index (κ2) is 9.11. The molecule has 1 aromatic carbocycles. The average molecular weight is 306 g/mol. The molecule has 0 aliphatic heterocycles. The molecule has 0 radical (unpaired) electrons. The summed E-state index contributed by atoms with van der Waals surface area (Å²) in [5, 5.41) is 6.10. The third-order valence-electron chi connectivity index (χ3n) is 2.36. The summed E-state index contributed by atoms with van der Waals surface area (Å²) in [6.45, 7) is 2.08. The summed E-state index contributed by atoms with van der Waals surface area (Å²) in [6.07, 6.45) is 2.09. The predicted octanol–water partition coefficient (Wildman–Crippen LogP) is -0.473. The number of primary amides is 1. The van der Waals surface area contributed by atoms with Crippen molar-refractivity contribution >= 4 is 23.9 Å². The van der Waals surface area contributed by atoms with Crippen LogP contribution in [0.5, 0.6) is 5.75 Å². The molecule has 22 heavy (non-hydrogen) atoms. The minimum atomic E-state index is -0.842. The lowest BCUT2D eigenvalue weighted by Gasteiger charge is -2.04. The molecule has 0 unspecified atom stereocenters. The van der Waals surface area contributed by atoms with E-state index in [0.717, 1.165) is 6.42 Å². The number of amides is 3. The number of ether oxygens (including phenoxy) is 1. The smallest absolute Gasteiger partial charge is 0.329 e. The summed E-state index contributed by atoms with van der Waals surface area (Å²) in [5.41, 5.74) is 7.71. The Morgan fingerprint density at radius 1 is 1.32 bits per heavy atom. The van der Waals surface area contributed by atoms with Gasteiger partial charge in [-0.15, -0.1) is 0 Å². The summed E-state index contributed by atoms with van der Waals surface area (Å²) < 4.78 is 5.13. The molecule has 0 saturated heterocycles. The molecule has 1 aromatic rings. The van der Waals surface area contributed by atoms with Crippen molar-refractivity contribution in [2.75, 3.05) is 13.2 Å². The van der Waals surface area contributed by atoms with Crippen molar-refractivity contribution in [2.45, 2.75) is 13.3 Å². The minimum absolute atomic E-state index is 0.227. The van der Waals surface area contributed by atoms with Gasteiger partial charge in [-0.1, -0.05) is 19.1 Å². The highest BCUT2D eigenvalue weighted by molar-refractivity contribution is 6.35. The first kappa shape index (κ1) is 17.2. The molecule has 0 atom stereocenters. The molecule has 0 fully saturated rings. The van der Waals surface area contributed by atoms with Crippen LogP contribution >= 0.6 is 0 Å². The molecule has 8 heteroatoms. The largest absolute Gasteiger partial charge is 0.484 e. The second-order valence-corrected chi connectivity index (χ2v) is 4.28. The summed E-state index contributed by atoms with van der Waals surface area (Å²) >= 11 is 0. The number of nitrogens with zero attached hydrogens (tertiary/aromatic N) is 1. The van der Waals surface area contributed by atoms with E-state index in [-0.39, 0.29) is 6.61 Å². The van der Waals surface area contributed by atoms with E-state index in [0.29, 0.717) is 17.9 Å². The van der Waals surface area contributed by atoms with Crippen LogP contribution in [0.15, 0.2) is 29.4 Å². The zero-order valence-corrected chi connectivity index (χ0v) is 12.2. The van der Waals surface area contributed by atoms with Crippen molar-refractivity contribution in [1.29, 1.82) is 0 Å². The lowest BCUT2D eigenvalue weighted by molar-refractivity contribution is -0.139. The monoisotopic (exact) mass is 306 g/mol. The first-order chi connectivity index (χ1) is 10.5. The minimum Gasteiger partial charge on any atom is -0.484 e. The lowest BCUT2D eigenvalue weighted by atomic mass is 10.2. The number of hydrazone groups is 1. The van der Waals surface area contributed by atoms with E-state index in [9.17, 15) is 14.4 Å². The Morgan fingerprint density at radius 3 is 2.77 bits per heavy atom. The van der Waals surface area contributed by atoms with Gasteiger partial charge in [-0.3, -0.25) is 14.4 Å². The zero-order valence-electron chi connectivity index (χ0n) is 12.2. The highest BCUT2D eigenvalue weighted by Gasteiger charge is 2.10. The van der Waals surface area contributed by atoms with Gasteiger partial charge in [0.25, 0.3) is 5.91 Å². The quantitative estimate of drug-likeness (QED) is 0.358. The third-order valence-corrected chi connectivity index (χ3v) is 2.36. The molecule has 0 aromatic heterocycles. The zero-order chi connectivity index (χ0) is 16.4. The average Bonchev–Trinajstić information content (AvgIpc) is 2.50. The molecule has 1 rings (SSSR count). The molecule has 8 nitrogen and oxygen atoms in total. The highest BCUT2D eigenvalue weighted by atomic mass is 16.5. The summed E-state index contributed by atoms with van der Waals surface area (Å²) in [4.78, 5) is 33.3. The van der Waals surface area contributed by atoms with E-state index in [4.69, 9.17) is 10.5 Å². The van der Waals surface area contributed by atoms with Gasteiger partial charge in [-0.2, -0.15) is 5.10 Å². The topological polar surface area (TPSA) is 123 Å². The summed E-state index contributed by atoms with van der Waals surface area (Å²) in [5.74, 6) is -1.72. The van der Waals surface area contributed by atoms with Gasteiger partial charge in [0.15, 0.2) is 6.61 Å². The molecule has 0 bridgehead atoms. The Kier molecular flexibility index (Phi) is 7.10. The summed E-state index contributed by atoms with van der Waals surface area (Å²) in [6, 6.07) is 6.66. The van der Waals surface area contributed by atoms with E-state index in [1.807, 2.05) is 6.92 Å². The summed E-state index contributed by atoms with van der Waals surface area (Å²) in [7, 11) is 0. The van der Waals surface area contributed by atoms with E-state index in [2.05, 4.69) is 15.8 Å². The number of carbonyl (C=O) groups excluding carboxylic acids is 3. The predicted molar refractivity (Wildman–Crippen MR) is 80.2 cm³/mol. The van der Waals surface area contributed by atoms with Crippen molar-refractivity contribution in [3.8, 4) is 5.75 Å². The van der Waals surface area contributed by atoms with Crippen molar-refractivity contribution < 1.29 is 19.1 Å². The van der Waals surface area contributed by atoms with Crippen LogP contribution in [0.25, 0.3) is 0 Å². The maximum Gasteiger partial charge on any atom is 0.329 e. The van der Waals surface area contributed by atoms with E-state index in [1.165, 1.54) is 6.21 Å². The molecule has 0 aliphatic rings. The molecular formula is C14H18N4O4. The molecule has 3 amide bonds. The molecule has 0 aliphatic carbocycles. The Hall–Kier alpha value is -2.90. The van der Waals surface area contributed by atoms with Crippen LogP contribution in [0.1, 0.15) is 18.9 Å². The first-order valence-corrected chi connectivity index (χ1v) is 6.65. The number of benzene rings is 1. The fourth-order valence-corrected chi connectivity index (χ4v) is 1.37. The van der Waals surface area contributed by atoms with Crippen LogP contribution in [0.3, 0.4) is 0 Å². The van der Waals surface area contributed by atoms with E-state index >= 15 is 0 Å². The Balaban J connectivity index is 2.52. The number of rotatable bonds is 7. The Bertz CT molecular complexity index is 572. The Morgan fingerprint density at radius 2 is 2.09 bits per heavy atom. The van der Waals surface area contributed by atoms with Crippen molar-refractivity contribution in [3.63, 3.8) is 0 Å². The van der Waals surface area contributed by atoms with E-state index < -0.39 is 17.7 Å². The van der Waals surface area contributed by atoms with Crippen LogP contribution in [-0.4, -0.2) is 37.1 Å². The number of hydrogen-bond donors (Lipinski definition) is 3. The maximum absolute atomic E-state index is 11.4. The van der Waals surface area contributed by atoms with E-state index in [1.54, 1.807) is 24.3 Å². The van der Waals surface area contributed by atoms with Gasteiger partial charge in [0, 0.05) is 6.54 Å². The molecule has 0 spiro atoms. The van der Waals surface area contributed by atoms with Crippen LogP contribution in [0, 0.1) is 0 Å². The molecule has 118 valence electrons. The fraction of sp³-hybridized carbons (Fsp3) is 0.286. The van der Waals surface area contributed by atoms with Crippen molar-refractivity contribution in [3.05, 3.63) is 29.8 Å². The Labute approximate surface area is 127 Å². The highest BCUT2D eigenvalue weighted by Crippen LogP contribution is 2.11. The third kappa shape index (κ3) is 6.51.